The molecule has 0 atom stereocenters. The van der Waals surface area contributed by atoms with E-state index in [1.165, 1.54) is 0 Å². The van der Waals surface area contributed by atoms with E-state index in [0.29, 0.717) is 26.0 Å². The lowest BCUT2D eigenvalue weighted by molar-refractivity contribution is -0.122. The molecule has 2 rings (SSSR count). The summed E-state index contributed by atoms with van der Waals surface area (Å²) in [7, 11) is 0. The summed E-state index contributed by atoms with van der Waals surface area (Å²) >= 11 is 3.44. The average Bonchev–Trinajstić information content (AvgIpc) is 2.59. The van der Waals surface area contributed by atoms with Gasteiger partial charge in [0, 0.05) is 31.6 Å². The molecule has 1 heterocycles. The van der Waals surface area contributed by atoms with Crippen molar-refractivity contribution in [3.8, 4) is 5.75 Å². The standard InChI is InChI=1S/C18H27BrN2O3/c1-18(2,21-9-12-23-13-10-21)14-20-17(22)8-5-11-24-16-7-4-3-6-15(16)19/h3-4,6-7H,5,8-14H2,1-2H3,(H,20,22). The Labute approximate surface area is 152 Å². The molecule has 1 aromatic rings. The maximum Gasteiger partial charge on any atom is 0.220 e. The first-order valence-corrected chi connectivity index (χ1v) is 9.25. The van der Waals surface area contributed by atoms with Crippen LogP contribution >= 0.6 is 15.9 Å². The van der Waals surface area contributed by atoms with Gasteiger partial charge in [0.05, 0.1) is 24.3 Å². The summed E-state index contributed by atoms with van der Waals surface area (Å²) < 4.78 is 12.0. The van der Waals surface area contributed by atoms with Crippen LogP contribution in [0.1, 0.15) is 26.7 Å². The zero-order valence-electron chi connectivity index (χ0n) is 14.5. The van der Waals surface area contributed by atoms with Crippen LogP contribution in [-0.4, -0.2) is 55.8 Å². The van der Waals surface area contributed by atoms with Crippen LogP contribution in [0.2, 0.25) is 0 Å². The quantitative estimate of drug-likeness (QED) is 0.684. The minimum absolute atomic E-state index is 0.0508. The van der Waals surface area contributed by atoms with Gasteiger partial charge in [-0.05, 0) is 48.3 Å². The first-order chi connectivity index (χ1) is 11.5. The second-order valence-electron chi connectivity index (χ2n) is 6.57. The predicted octanol–water partition coefficient (Wildman–Crippen LogP) is 2.84. The van der Waals surface area contributed by atoms with Crippen molar-refractivity contribution in [2.75, 3.05) is 39.5 Å². The molecule has 24 heavy (non-hydrogen) atoms. The molecule has 1 aliphatic heterocycles. The number of hydrogen-bond donors (Lipinski definition) is 1. The highest BCUT2D eigenvalue weighted by Gasteiger charge is 2.28. The van der Waals surface area contributed by atoms with Crippen molar-refractivity contribution in [3.63, 3.8) is 0 Å². The summed E-state index contributed by atoms with van der Waals surface area (Å²) in [4.78, 5) is 14.4. The van der Waals surface area contributed by atoms with Gasteiger partial charge in [0.15, 0.2) is 0 Å². The normalized spacial score (nSPS) is 16.0. The Kier molecular flexibility index (Phi) is 7.52. The Morgan fingerprint density at radius 2 is 2.04 bits per heavy atom. The second kappa shape index (κ2) is 9.39. The van der Waals surface area contributed by atoms with Crippen LogP contribution in [0.4, 0.5) is 0 Å². The summed E-state index contributed by atoms with van der Waals surface area (Å²) in [5.41, 5.74) is -0.0508. The van der Waals surface area contributed by atoms with E-state index in [0.717, 1.165) is 36.5 Å². The molecular formula is C18H27BrN2O3. The van der Waals surface area contributed by atoms with Crippen LogP contribution in [0.3, 0.4) is 0 Å². The lowest BCUT2D eigenvalue weighted by Gasteiger charge is -2.40. The fourth-order valence-electron chi connectivity index (χ4n) is 2.66. The van der Waals surface area contributed by atoms with Gasteiger partial charge in [0.25, 0.3) is 0 Å². The number of carbonyl (C=O) groups excluding carboxylic acids is 1. The Balaban J connectivity index is 1.63. The van der Waals surface area contributed by atoms with Gasteiger partial charge in [-0.15, -0.1) is 0 Å². The molecule has 5 nitrogen and oxygen atoms in total. The number of rotatable bonds is 8. The summed E-state index contributed by atoms with van der Waals surface area (Å²) in [6, 6.07) is 7.73. The highest BCUT2D eigenvalue weighted by molar-refractivity contribution is 9.10. The maximum absolute atomic E-state index is 12.0. The minimum atomic E-state index is -0.0508. The van der Waals surface area contributed by atoms with Gasteiger partial charge >= 0.3 is 0 Å². The van der Waals surface area contributed by atoms with Crippen molar-refractivity contribution in [1.29, 1.82) is 0 Å². The molecule has 1 aromatic carbocycles. The molecule has 0 saturated carbocycles. The van der Waals surface area contributed by atoms with Crippen molar-refractivity contribution in [3.05, 3.63) is 28.7 Å². The van der Waals surface area contributed by atoms with Crippen molar-refractivity contribution in [2.45, 2.75) is 32.2 Å². The van der Waals surface area contributed by atoms with E-state index in [1.807, 2.05) is 24.3 Å². The Bertz CT molecular complexity index is 531. The number of carbonyl (C=O) groups is 1. The first kappa shape index (κ1) is 19.2. The van der Waals surface area contributed by atoms with Crippen LogP contribution in [0.15, 0.2) is 28.7 Å². The van der Waals surface area contributed by atoms with Crippen LogP contribution < -0.4 is 10.1 Å². The molecule has 1 fully saturated rings. The van der Waals surface area contributed by atoms with Crippen LogP contribution in [0, 0.1) is 0 Å². The molecular weight excluding hydrogens is 372 g/mol. The van der Waals surface area contributed by atoms with E-state index in [2.05, 4.69) is 40.0 Å². The highest BCUT2D eigenvalue weighted by Crippen LogP contribution is 2.23. The molecule has 1 N–H and O–H groups in total. The van der Waals surface area contributed by atoms with Gasteiger partial charge in [-0.2, -0.15) is 0 Å². The summed E-state index contributed by atoms with van der Waals surface area (Å²) in [5, 5.41) is 3.04. The Hall–Kier alpha value is -1.11. The zero-order valence-corrected chi connectivity index (χ0v) is 16.1. The van der Waals surface area contributed by atoms with Crippen molar-refractivity contribution >= 4 is 21.8 Å². The number of halogens is 1. The topological polar surface area (TPSA) is 50.8 Å². The van der Waals surface area contributed by atoms with Gasteiger partial charge in [-0.3, -0.25) is 9.69 Å². The molecule has 0 aliphatic carbocycles. The molecule has 0 radical (unpaired) electrons. The number of morpholine rings is 1. The lowest BCUT2D eigenvalue weighted by Crippen LogP contribution is -2.55. The first-order valence-electron chi connectivity index (χ1n) is 8.46. The smallest absolute Gasteiger partial charge is 0.220 e. The number of para-hydroxylation sites is 1. The van der Waals surface area contributed by atoms with Gasteiger partial charge in [0.1, 0.15) is 5.75 Å². The molecule has 0 unspecified atom stereocenters. The lowest BCUT2D eigenvalue weighted by atomic mass is 10.0. The Morgan fingerprint density at radius 3 is 2.75 bits per heavy atom. The highest BCUT2D eigenvalue weighted by atomic mass is 79.9. The molecule has 134 valence electrons. The zero-order chi connectivity index (χ0) is 17.4. The minimum Gasteiger partial charge on any atom is -0.492 e. The van der Waals surface area contributed by atoms with Crippen molar-refractivity contribution < 1.29 is 14.3 Å². The van der Waals surface area contributed by atoms with E-state index < -0.39 is 0 Å². The van der Waals surface area contributed by atoms with Crippen molar-refractivity contribution in [2.24, 2.45) is 0 Å². The van der Waals surface area contributed by atoms with E-state index in [4.69, 9.17) is 9.47 Å². The van der Waals surface area contributed by atoms with Crippen LogP contribution in [0.25, 0.3) is 0 Å². The molecule has 0 aromatic heterocycles. The summed E-state index contributed by atoms with van der Waals surface area (Å²) in [6.45, 7) is 8.88. The Morgan fingerprint density at radius 1 is 1.33 bits per heavy atom. The number of ether oxygens (including phenoxy) is 2. The maximum atomic E-state index is 12.0. The van der Waals surface area contributed by atoms with Crippen LogP contribution in [-0.2, 0) is 9.53 Å². The molecule has 0 spiro atoms. The summed E-state index contributed by atoms with van der Waals surface area (Å²) in [5.74, 6) is 0.887. The van der Waals surface area contributed by atoms with Gasteiger partial charge < -0.3 is 14.8 Å². The molecule has 1 amide bonds. The van der Waals surface area contributed by atoms with Crippen LogP contribution in [0.5, 0.6) is 5.75 Å². The number of nitrogens with zero attached hydrogens (tertiary/aromatic N) is 1. The SMILES string of the molecule is CC(C)(CNC(=O)CCCOc1ccccc1Br)N1CCOCC1. The average molecular weight is 399 g/mol. The van der Waals surface area contributed by atoms with E-state index in [1.54, 1.807) is 0 Å². The number of hydrogen-bond acceptors (Lipinski definition) is 4. The van der Waals surface area contributed by atoms with E-state index >= 15 is 0 Å². The van der Waals surface area contributed by atoms with Crippen molar-refractivity contribution in [1.82, 2.24) is 10.2 Å². The number of benzene rings is 1. The number of amides is 1. The number of nitrogens with one attached hydrogen (secondary N) is 1. The predicted molar refractivity (Wildman–Crippen MR) is 98.4 cm³/mol. The fraction of sp³-hybridized carbons (Fsp3) is 0.611. The molecule has 6 heteroatoms. The second-order valence-corrected chi connectivity index (χ2v) is 7.43. The van der Waals surface area contributed by atoms with Gasteiger partial charge in [0.2, 0.25) is 5.91 Å². The third-order valence-electron chi connectivity index (χ3n) is 4.23. The molecule has 1 aliphatic rings. The third kappa shape index (κ3) is 6.07. The largest absolute Gasteiger partial charge is 0.492 e. The molecule has 1 saturated heterocycles. The molecule has 0 bridgehead atoms. The van der Waals surface area contributed by atoms with Gasteiger partial charge in [-0.1, -0.05) is 12.1 Å². The van der Waals surface area contributed by atoms with E-state index in [-0.39, 0.29) is 11.4 Å². The third-order valence-corrected chi connectivity index (χ3v) is 4.88. The fourth-order valence-corrected chi connectivity index (χ4v) is 3.06. The van der Waals surface area contributed by atoms with E-state index in [9.17, 15) is 4.79 Å². The van der Waals surface area contributed by atoms with Gasteiger partial charge in [-0.25, -0.2) is 0 Å². The summed E-state index contributed by atoms with van der Waals surface area (Å²) in [6.07, 6.45) is 1.18. The monoisotopic (exact) mass is 398 g/mol.